The molecule has 148 valence electrons. The Hall–Kier alpha value is -2.48. The molecule has 2 N–H and O–H groups in total. The Labute approximate surface area is 159 Å². The van der Waals surface area contributed by atoms with Crippen molar-refractivity contribution in [2.75, 3.05) is 32.7 Å². The van der Waals surface area contributed by atoms with E-state index in [-0.39, 0.29) is 23.7 Å². The number of rotatable bonds is 8. The van der Waals surface area contributed by atoms with Crippen LogP contribution in [0.3, 0.4) is 0 Å². The SMILES string of the molecule is Cc1ccc(C(=O)NCC(=O)NCCCN2CCC(C)CC2)cc1[N+](=O)[O-]. The van der Waals surface area contributed by atoms with E-state index in [1.165, 1.54) is 31.0 Å². The van der Waals surface area contributed by atoms with Crippen molar-refractivity contribution in [1.29, 1.82) is 0 Å². The fraction of sp³-hybridized carbons (Fsp3) is 0.579. The van der Waals surface area contributed by atoms with Crippen LogP contribution >= 0.6 is 0 Å². The molecule has 8 nitrogen and oxygen atoms in total. The number of aryl methyl sites for hydroxylation is 1. The van der Waals surface area contributed by atoms with Gasteiger partial charge in [-0.05, 0) is 57.8 Å². The predicted molar refractivity (Wildman–Crippen MR) is 103 cm³/mol. The average Bonchev–Trinajstić information content (AvgIpc) is 2.64. The van der Waals surface area contributed by atoms with Gasteiger partial charge >= 0.3 is 0 Å². The number of amides is 2. The van der Waals surface area contributed by atoms with Crippen molar-refractivity contribution in [3.05, 3.63) is 39.4 Å². The minimum Gasteiger partial charge on any atom is -0.355 e. The Morgan fingerprint density at radius 2 is 1.96 bits per heavy atom. The molecular weight excluding hydrogens is 348 g/mol. The number of nitrogens with one attached hydrogen (secondary N) is 2. The molecule has 0 radical (unpaired) electrons. The molecule has 8 heteroatoms. The fourth-order valence-electron chi connectivity index (χ4n) is 3.09. The number of nitrogens with zero attached hydrogens (tertiary/aromatic N) is 2. The zero-order valence-electron chi connectivity index (χ0n) is 16.0. The molecule has 0 spiro atoms. The number of carbonyl (C=O) groups excluding carboxylic acids is 2. The molecule has 2 rings (SSSR count). The fourth-order valence-corrected chi connectivity index (χ4v) is 3.09. The lowest BCUT2D eigenvalue weighted by molar-refractivity contribution is -0.385. The molecule has 0 aromatic heterocycles. The first-order chi connectivity index (χ1) is 12.9. The van der Waals surface area contributed by atoms with E-state index in [9.17, 15) is 19.7 Å². The number of nitro benzene ring substituents is 1. The van der Waals surface area contributed by atoms with Crippen LogP contribution in [0.25, 0.3) is 0 Å². The Bertz CT molecular complexity index is 684. The third kappa shape index (κ3) is 6.63. The van der Waals surface area contributed by atoms with E-state index in [0.29, 0.717) is 12.1 Å². The summed E-state index contributed by atoms with van der Waals surface area (Å²) in [6.45, 7) is 7.50. The highest BCUT2D eigenvalue weighted by atomic mass is 16.6. The van der Waals surface area contributed by atoms with E-state index in [1.54, 1.807) is 6.92 Å². The molecule has 0 unspecified atom stereocenters. The van der Waals surface area contributed by atoms with Crippen molar-refractivity contribution in [1.82, 2.24) is 15.5 Å². The van der Waals surface area contributed by atoms with E-state index >= 15 is 0 Å². The van der Waals surface area contributed by atoms with Crippen molar-refractivity contribution < 1.29 is 14.5 Å². The molecule has 0 saturated carbocycles. The number of benzene rings is 1. The van der Waals surface area contributed by atoms with Gasteiger partial charge in [-0.2, -0.15) is 0 Å². The van der Waals surface area contributed by atoms with Crippen LogP contribution in [-0.2, 0) is 4.79 Å². The van der Waals surface area contributed by atoms with Gasteiger partial charge in [-0.15, -0.1) is 0 Å². The standard InChI is InChI=1S/C19H28N4O4/c1-14-6-10-22(11-7-14)9-3-8-20-18(24)13-21-19(25)16-5-4-15(2)17(12-16)23(26)27/h4-5,12,14H,3,6-11,13H2,1-2H3,(H,20,24)(H,21,25). The maximum Gasteiger partial charge on any atom is 0.273 e. The van der Waals surface area contributed by atoms with Crippen molar-refractivity contribution in [2.45, 2.75) is 33.1 Å². The van der Waals surface area contributed by atoms with Crippen LogP contribution < -0.4 is 10.6 Å². The Kier molecular flexibility index (Phi) is 7.72. The second-order valence-electron chi connectivity index (χ2n) is 7.17. The maximum absolute atomic E-state index is 12.1. The molecule has 1 fully saturated rings. The zero-order chi connectivity index (χ0) is 19.8. The Morgan fingerprint density at radius 3 is 2.63 bits per heavy atom. The summed E-state index contributed by atoms with van der Waals surface area (Å²) >= 11 is 0. The van der Waals surface area contributed by atoms with Gasteiger partial charge in [0.15, 0.2) is 0 Å². The molecule has 1 saturated heterocycles. The van der Waals surface area contributed by atoms with Crippen molar-refractivity contribution in [3.63, 3.8) is 0 Å². The smallest absolute Gasteiger partial charge is 0.273 e. The van der Waals surface area contributed by atoms with Crippen LogP contribution in [0.4, 0.5) is 5.69 Å². The summed E-state index contributed by atoms with van der Waals surface area (Å²) in [5.74, 6) is 0.0347. The largest absolute Gasteiger partial charge is 0.355 e. The van der Waals surface area contributed by atoms with Gasteiger partial charge in [-0.25, -0.2) is 0 Å². The molecule has 2 amide bonds. The molecule has 0 atom stereocenters. The highest BCUT2D eigenvalue weighted by molar-refractivity contribution is 5.97. The van der Waals surface area contributed by atoms with Gasteiger partial charge in [0.25, 0.3) is 11.6 Å². The van der Waals surface area contributed by atoms with Crippen molar-refractivity contribution in [3.8, 4) is 0 Å². The summed E-state index contributed by atoms with van der Waals surface area (Å²) < 4.78 is 0. The average molecular weight is 376 g/mol. The van der Waals surface area contributed by atoms with Gasteiger partial charge in [0.1, 0.15) is 0 Å². The van der Waals surface area contributed by atoms with Crippen LogP contribution in [0.15, 0.2) is 18.2 Å². The van der Waals surface area contributed by atoms with E-state index in [1.807, 2.05) is 0 Å². The topological polar surface area (TPSA) is 105 Å². The molecule has 1 aliphatic rings. The lowest BCUT2D eigenvalue weighted by Crippen LogP contribution is -2.39. The normalized spacial score (nSPS) is 15.3. The van der Waals surface area contributed by atoms with Gasteiger partial charge in [0.05, 0.1) is 11.5 Å². The predicted octanol–water partition coefficient (Wildman–Crippen LogP) is 1.87. The number of likely N-dealkylation sites (tertiary alicyclic amines) is 1. The number of carbonyl (C=O) groups is 2. The maximum atomic E-state index is 12.1. The summed E-state index contributed by atoms with van der Waals surface area (Å²) in [6.07, 6.45) is 3.34. The van der Waals surface area contributed by atoms with Gasteiger partial charge in [-0.3, -0.25) is 19.7 Å². The van der Waals surface area contributed by atoms with Crippen molar-refractivity contribution >= 4 is 17.5 Å². The summed E-state index contributed by atoms with van der Waals surface area (Å²) in [6, 6.07) is 4.26. The molecule has 1 aromatic rings. The monoisotopic (exact) mass is 376 g/mol. The van der Waals surface area contributed by atoms with Crippen LogP contribution in [0.2, 0.25) is 0 Å². The van der Waals surface area contributed by atoms with E-state index < -0.39 is 10.8 Å². The number of piperidine rings is 1. The molecular formula is C19H28N4O4. The van der Waals surface area contributed by atoms with Gasteiger partial charge in [0, 0.05) is 23.7 Å². The van der Waals surface area contributed by atoms with Crippen LogP contribution in [0, 0.1) is 23.0 Å². The number of hydrogen-bond acceptors (Lipinski definition) is 5. The summed E-state index contributed by atoms with van der Waals surface area (Å²) in [5, 5.41) is 16.2. The second kappa shape index (κ2) is 10.0. The first-order valence-electron chi connectivity index (χ1n) is 9.39. The van der Waals surface area contributed by atoms with Crippen LogP contribution in [0.1, 0.15) is 42.1 Å². The lowest BCUT2D eigenvalue weighted by atomic mass is 9.99. The molecule has 0 aliphatic carbocycles. The third-order valence-electron chi connectivity index (χ3n) is 4.93. The minimum atomic E-state index is -0.526. The summed E-state index contributed by atoms with van der Waals surface area (Å²) in [4.78, 5) is 36.8. The highest BCUT2D eigenvalue weighted by Gasteiger charge is 2.16. The van der Waals surface area contributed by atoms with E-state index in [2.05, 4.69) is 22.5 Å². The summed E-state index contributed by atoms with van der Waals surface area (Å²) in [5.41, 5.74) is 0.538. The Balaban J connectivity index is 1.67. The van der Waals surface area contributed by atoms with E-state index in [4.69, 9.17) is 0 Å². The second-order valence-corrected chi connectivity index (χ2v) is 7.17. The number of nitro groups is 1. The number of hydrogen-bond donors (Lipinski definition) is 2. The van der Waals surface area contributed by atoms with E-state index in [0.717, 1.165) is 32.0 Å². The first kappa shape index (κ1) is 20.8. The molecule has 1 aliphatic heterocycles. The third-order valence-corrected chi connectivity index (χ3v) is 4.93. The first-order valence-corrected chi connectivity index (χ1v) is 9.39. The van der Waals surface area contributed by atoms with Gasteiger partial charge in [-0.1, -0.05) is 13.0 Å². The van der Waals surface area contributed by atoms with Gasteiger partial charge in [0.2, 0.25) is 5.91 Å². The quantitative estimate of drug-likeness (QED) is 0.409. The Morgan fingerprint density at radius 1 is 1.26 bits per heavy atom. The molecule has 1 heterocycles. The molecule has 27 heavy (non-hydrogen) atoms. The molecule has 1 aromatic carbocycles. The highest BCUT2D eigenvalue weighted by Crippen LogP contribution is 2.19. The minimum absolute atomic E-state index is 0.112. The van der Waals surface area contributed by atoms with Crippen molar-refractivity contribution in [2.24, 2.45) is 5.92 Å². The molecule has 0 bridgehead atoms. The zero-order valence-corrected chi connectivity index (χ0v) is 16.0. The van der Waals surface area contributed by atoms with Crippen LogP contribution in [-0.4, -0.2) is 54.4 Å². The van der Waals surface area contributed by atoms with Crippen LogP contribution in [0.5, 0.6) is 0 Å². The van der Waals surface area contributed by atoms with Gasteiger partial charge < -0.3 is 15.5 Å². The lowest BCUT2D eigenvalue weighted by Gasteiger charge is -2.30. The summed E-state index contributed by atoms with van der Waals surface area (Å²) in [7, 11) is 0.